The zero-order chi connectivity index (χ0) is 11.4. The molecule has 2 aromatic rings. The monoisotopic (exact) mass is 214 g/mol. The maximum atomic E-state index is 11.9. The Morgan fingerprint density at radius 2 is 1.75 bits per heavy atom. The summed E-state index contributed by atoms with van der Waals surface area (Å²) in [5.74, 6) is -0.0710. The van der Waals surface area contributed by atoms with Crippen molar-refractivity contribution in [1.82, 2.24) is 0 Å². The number of benzene rings is 1. The lowest BCUT2D eigenvalue weighted by molar-refractivity contribution is -0.683. The molecule has 3 heteroatoms. The molecule has 3 nitrogen and oxygen atoms in total. The van der Waals surface area contributed by atoms with Gasteiger partial charge in [-0.15, -0.1) is 0 Å². The number of pyridine rings is 1. The number of hydrogen-bond donors (Lipinski definition) is 1. The summed E-state index contributed by atoms with van der Waals surface area (Å²) < 4.78 is 1.77. The van der Waals surface area contributed by atoms with E-state index in [2.05, 4.69) is 0 Å². The van der Waals surface area contributed by atoms with Crippen molar-refractivity contribution in [3.05, 3.63) is 60.4 Å². The third kappa shape index (κ3) is 2.25. The Kier molecular flexibility index (Phi) is 2.96. The molecule has 0 fully saturated rings. The van der Waals surface area contributed by atoms with E-state index in [-0.39, 0.29) is 18.1 Å². The average molecular weight is 214 g/mol. The average Bonchev–Trinajstić information content (AvgIpc) is 2.31. The molecule has 0 atom stereocenters. The Morgan fingerprint density at radius 1 is 1.06 bits per heavy atom. The molecule has 16 heavy (non-hydrogen) atoms. The first-order valence-corrected chi connectivity index (χ1v) is 5.02. The van der Waals surface area contributed by atoms with E-state index in [0.717, 1.165) is 0 Å². The van der Waals surface area contributed by atoms with Gasteiger partial charge < -0.3 is 5.11 Å². The van der Waals surface area contributed by atoms with Crippen LogP contribution in [0, 0.1) is 0 Å². The van der Waals surface area contributed by atoms with Crippen molar-refractivity contribution in [2.24, 2.45) is 0 Å². The Balaban J connectivity index is 2.19. The molecule has 0 amide bonds. The van der Waals surface area contributed by atoms with Crippen LogP contribution < -0.4 is 4.57 Å². The van der Waals surface area contributed by atoms with E-state index in [4.69, 9.17) is 0 Å². The summed E-state index contributed by atoms with van der Waals surface area (Å²) in [4.78, 5) is 11.9. The molecule has 2 rings (SSSR count). The summed E-state index contributed by atoms with van der Waals surface area (Å²) in [5, 5.41) is 9.53. The van der Waals surface area contributed by atoms with Crippen molar-refractivity contribution in [2.45, 2.75) is 6.54 Å². The molecule has 0 saturated carbocycles. The van der Waals surface area contributed by atoms with Crippen molar-refractivity contribution >= 4 is 5.78 Å². The van der Waals surface area contributed by atoms with Crippen LogP contribution in [-0.2, 0) is 6.54 Å². The van der Waals surface area contributed by atoms with E-state index in [9.17, 15) is 9.90 Å². The molecule has 0 radical (unpaired) electrons. The van der Waals surface area contributed by atoms with Crippen molar-refractivity contribution in [3.63, 3.8) is 0 Å². The van der Waals surface area contributed by atoms with Crippen LogP contribution in [0.3, 0.4) is 0 Å². The topological polar surface area (TPSA) is 41.2 Å². The molecule has 1 N–H and O–H groups in total. The molecule has 1 heterocycles. The number of ketones is 1. The predicted molar refractivity (Wildman–Crippen MR) is 59.1 cm³/mol. The normalized spacial score (nSPS) is 10.0. The summed E-state index contributed by atoms with van der Waals surface area (Å²) in [7, 11) is 0. The van der Waals surface area contributed by atoms with Gasteiger partial charge in [0.05, 0.1) is 5.56 Å². The second-order valence-corrected chi connectivity index (χ2v) is 3.49. The van der Waals surface area contributed by atoms with Crippen LogP contribution in [0.2, 0.25) is 0 Å². The smallest absolute Gasteiger partial charge is 0.231 e. The molecular formula is C13H12NO2+. The quantitative estimate of drug-likeness (QED) is 0.622. The van der Waals surface area contributed by atoms with Crippen molar-refractivity contribution < 1.29 is 14.5 Å². The lowest BCUT2D eigenvalue weighted by Crippen LogP contribution is -2.36. The van der Waals surface area contributed by atoms with Gasteiger partial charge in [-0.1, -0.05) is 18.2 Å². The van der Waals surface area contributed by atoms with Gasteiger partial charge in [-0.25, -0.2) is 0 Å². The van der Waals surface area contributed by atoms with Crippen LogP contribution in [0.4, 0.5) is 0 Å². The number of nitrogens with zero attached hydrogens (tertiary/aromatic N) is 1. The molecule has 0 unspecified atom stereocenters. The number of carbonyl (C=O) groups is 1. The Hall–Kier alpha value is -2.16. The number of hydrogen-bond acceptors (Lipinski definition) is 2. The van der Waals surface area contributed by atoms with Crippen molar-refractivity contribution in [2.75, 3.05) is 0 Å². The van der Waals surface area contributed by atoms with Gasteiger partial charge in [-0.3, -0.25) is 4.79 Å². The van der Waals surface area contributed by atoms with Gasteiger partial charge in [0.15, 0.2) is 12.4 Å². The second-order valence-electron chi connectivity index (χ2n) is 3.49. The third-order valence-corrected chi connectivity index (χ3v) is 2.31. The number of phenols is 1. The fraction of sp³-hybridized carbons (Fsp3) is 0.0769. The van der Waals surface area contributed by atoms with E-state index < -0.39 is 0 Å². The standard InChI is InChI=1S/C13H11NO2/c15-12-7-3-2-6-11(12)13(16)10-14-8-4-1-5-9-14/h1-9H,10H2/p+1. The largest absolute Gasteiger partial charge is 0.507 e. The highest BCUT2D eigenvalue weighted by molar-refractivity contribution is 5.97. The Labute approximate surface area is 93.6 Å². The van der Waals surface area contributed by atoms with E-state index >= 15 is 0 Å². The molecule has 0 aliphatic carbocycles. The van der Waals surface area contributed by atoms with Gasteiger partial charge in [-0.05, 0) is 12.1 Å². The van der Waals surface area contributed by atoms with Gasteiger partial charge in [-0.2, -0.15) is 4.57 Å². The van der Waals surface area contributed by atoms with Crippen LogP contribution in [0.5, 0.6) is 5.75 Å². The number of aromatic hydroxyl groups is 1. The first kappa shape index (κ1) is 10.4. The van der Waals surface area contributed by atoms with Crippen LogP contribution in [0.15, 0.2) is 54.9 Å². The molecule has 1 aromatic carbocycles. The highest BCUT2D eigenvalue weighted by Gasteiger charge is 2.14. The lowest BCUT2D eigenvalue weighted by atomic mass is 10.1. The summed E-state index contributed by atoms with van der Waals surface area (Å²) in [6, 6.07) is 12.2. The van der Waals surface area contributed by atoms with Crippen LogP contribution >= 0.6 is 0 Å². The second kappa shape index (κ2) is 4.57. The highest BCUT2D eigenvalue weighted by Crippen LogP contribution is 2.15. The highest BCUT2D eigenvalue weighted by atomic mass is 16.3. The van der Waals surface area contributed by atoms with Crippen molar-refractivity contribution in [1.29, 1.82) is 0 Å². The molecule has 0 saturated heterocycles. The summed E-state index contributed by atoms with van der Waals surface area (Å²) in [5.41, 5.74) is 0.360. The molecule has 80 valence electrons. The summed E-state index contributed by atoms with van der Waals surface area (Å²) in [6.07, 6.45) is 3.63. The minimum atomic E-state index is -0.102. The van der Waals surface area contributed by atoms with E-state index in [1.165, 1.54) is 6.07 Å². The minimum absolute atomic E-state index is 0.0315. The van der Waals surface area contributed by atoms with E-state index in [0.29, 0.717) is 5.56 Å². The fourth-order valence-corrected chi connectivity index (χ4v) is 1.50. The summed E-state index contributed by atoms with van der Waals surface area (Å²) >= 11 is 0. The number of carbonyl (C=O) groups excluding carboxylic acids is 1. The third-order valence-electron chi connectivity index (χ3n) is 2.31. The number of aromatic nitrogens is 1. The van der Waals surface area contributed by atoms with Gasteiger partial charge >= 0.3 is 0 Å². The molecule has 0 bridgehead atoms. The molecule has 0 aliphatic rings. The van der Waals surface area contributed by atoms with Gasteiger partial charge in [0.2, 0.25) is 12.3 Å². The lowest BCUT2D eigenvalue weighted by Gasteiger charge is -2.00. The maximum Gasteiger partial charge on any atom is 0.231 e. The number of Topliss-reactive ketones (excluding diaryl/α,β-unsaturated/α-hetero) is 1. The summed E-state index contributed by atoms with van der Waals surface area (Å²) in [6.45, 7) is 0.235. The maximum absolute atomic E-state index is 11.9. The van der Waals surface area contributed by atoms with Crippen molar-refractivity contribution in [3.8, 4) is 5.75 Å². The first-order valence-electron chi connectivity index (χ1n) is 5.02. The Bertz CT molecular complexity index is 494. The predicted octanol–water partition coefficient (Wildman–Crippen LogP) is 1.56. The van der Waals surface area contributed by atoms with Crippen LogP contribution in [0.25, 0.3) is 0 Å². The first-order chi connectivity index (χ1) is 7.77. The SMILES string of the molecule is O=C(C[n+]1ccccc1)c1ccccc1O. The fourth-order valence-electron chi connectivity index (χ4n) is 1.50. The minimum Gasteiger partial charge on any atom is -0.507 e. The number of rotatable bonds is 3. The van der Waals surface area contributed by atoms with Gasteiger partial charge in [0.25, 0.3) is 0 Å². The zero-order valence-electron chi connectivity index (χ0n) is 8.71. The van der Waals surface area contributed by atoms with E-state index in [1.54, 1.807) is 22.8 Å². The Morgan fingerprint density at radius 3 is 2.44 bits per heavy atom. The van der Waals surface area contributed by atoms with Crippen LogP contribution in [-0.4, -0.2) is 10.9 Å². The number of phenolic OH excluding ortho intramolecular Hbond substituents is 1. The van der Waals surface area contributed by atoms with Gasteiger partial charge in [0, 0.05) is 12.1 Å². The number of para-hydroxylation sites is 1. The molecule has 1 aromatic heterocycles. The zero-order valence-corrected chi connectivity index (χ0v) is 8.71. The molecule has 0 aliphatic heterocycles. The van der Waals surface area contributed by atoms with E-state index in [1.807, 2.05) is 30.6 Å². The van der Waals surface area contributed by atoms with Gasteiger partial charge in [0.1, 0.15) is 5.75 Å². The van der Waals surface area contributed by atoms with Crippen LogP contribution in [0.1, 0.15) is 10.4 Å². The molecule has 0 spiro atoms. The molecular weight excluding hydrogens is 202 g/mol.